The number of rotatable bonds is 8. The molecule has 1 aliphatic rings. The smallest absolute Gasteiger partial charge is 0.259 e. The van der Waals surface area contributed by atoms with E-state index in [1.807, 2.05) is 13.8 Å². The third kappa shape index (κ3) is 5.11. The van der Waals surface area contributed by atoms with Crippen molar-refractivity contribution in [3.8, 4) is 5.75 Å². The molecule has 1 fully saturated rings. The van der Waals surface area contributed by atoms with Crippen LogP contribution in [0.1, 0.15) is 53.8 Å². The summed E-state index contributed by atoms with van der Waals surface area (Å²) in [4.78, 5) is 25.8. The first-order chi connectivity index (χ1) is 15.3. The van der Waals surface area contributed by atoms with E-state index in [4.69, 9.17) is 4.74 Å². The minimum absolute atomic E-state index is 0.0150. The molecule has 0 radical (unpaired) electrons. The molecule has 0 spiro atoms. The lowest BCUT2D eigenvalue weighted by molar-refractivity contribution is 0.0940. The number of sulfonamides is 1. The molecule has 1 heterocycles. The van der Waals surface area contributed by atoms with Gasteiger partial charge in [0.15, 0.2) is 0 Å². The van der Waals surface area contributed by atoms with Crippen molar-refractivity contribution in [2.45, 2.75) is 44.0 Å². The van der Waals surface area contributed by atoms with Crippen molar-refractivity contribution in [2.24, 2.45) is 0 Å². The van der Waals surface area contributed by atoms with E-state index in [-0.39, 0.29) is 28.2 Å². The van der Waals surface area contributed by atoms with Gasteiger partial charge in [-0.25, -0.2) is 8.42 Å². The van der Waals surface area contributed by atoms with E-state index in [0.717, 1.165) is 19.3 Å². The molecule has 3 rings (SSSR count). The quantitative estimate of drug-likeness (QED) is 0.630. The van der Waals surface area contributed by atoms with Crippen molar-refractivity contribution >= 4 is 27.5 Å². The fraction of sp³-hybridized carbons (Fsp3) is 0.391. The van der Waals surface area contributed by atoms with Gasteiger partial charge in [0.25, 0.3) is 11.8 Å². The maximum absolute atomic E-state index is 13.1. The molecule has 0 bridgehead atoms. The largest absolute Gasteiger partial charge is 0.496 e. The molecule has 2 aromatic rings. The summed E-state index contributed by atoms with van der Waals surface area (Å²) in [5.41, 5.74) is 0.721. The van der Waals surface area contributed by atoms with Crippen LogP contribution in [0.25, 0.3) is 0 Å². The summed E-state index contributed by atoms with van der Waals surface area (Å²) < 4.78 is 32.6. The van der Waals surface area contributed by atoms with Gasteiger partial charge in [0.05, 0.1) is 28.8 Å². The summed E-state index contributed by atoms with van der Waals surface area (Å²) in [7, 11) is -2.29. The van der Waals surface area contributed by atoms with Crippen LogP contribution in [-0.4, -0.2) is 50.8 Å². The molecule has 32 heavy (non-hydrogen) atoms. The summed E-state index contributed by atoms with van der Waals surface area (Å²) in [6.45, 7) is 4.80. The number of anilines is 1. The third-order valence-corrected chi connectivity index (χ3v) is 7.42. The van der Waals surface area contributed by atoms with Crippen LogP contribution < -0.4 is 15.4 Å². The number of amides is 2. The van der Waals surface area contributed by atoms with Crippen LogP contribution in [0.3, 0.4) is 0 Å². The van der Waals surface area contributed by atoms with Crippen LogP contribution in [0.5, 0.6) is 5.75 Å². The van der Waals surface area contributed by atoms with Gasteiger partial charge in [-0.2, -0.15) is 4.31 Å². The molecule has 0 saturated carbocycles. The van der Waals surface area contributed by atoms with Crippen molar-refractivity contribution in [3.05, 3.63) is 53.6 Å². The number of hydrogen-bond donors (Lipinski definition) is 2. The highest BCUT2D eigenvalue weighted by Gasteiger charge is 2.29. The zero-order chi connectivity index (χ0) is 23.3. The Hall–Kier alpha value is -2.91. The van der Waals surface area contributed by atoms with E-state index in [0.29, 0.717) is 24.3 Å². The average Bonchev–Trinajstić information content (AvgIpc) is 3.34. The molecule has 1 saturated heterocycles. The highest BCUT2D eigenvalue weighted by Crippen LogP contribution is 2.27. The molecule has 9 heteroatoms. The van der Waals surface area contributed by atoms with E-state index in [2.05, 4.69) is 10.6 Å². The summed E-state index contributed by atoms with van der Waals surface area (Å²) in [5.74, 6) is -0.624. The van der Waals surface area contributed by atoms with Gasteiger partial charge in [-0.15, -0.1) is 0 Å². The molecular weight excluding hydrogens is 430 g/mol. The lowest BCUT2D eigenvalue weighted by Crippen LogP contribution is -2.32. The zero-order valence-corrected chi connectivity index (χ0v) is 19.4. The number of nitrogens with one attached hydrogen (secondary N) is 2. The predicted octanol–water partition coefficient (Wildman–Crippen LogP) is 3.26. The molecule has 2 amide bonds. The second-order valence-electron chi connectivity index (χ2n) is 7.76. The zero-order valence-electron chi connectivity index (χ0n) is 18.6. The topological polar surface area (TPSA) is 105 Å². The van der Waals surface area contributed by atoms with Crippen molar-refractivity contribution < 1.29 is 22.7 Å². The maximum atomic E-state index is 13.1. The number of methoxy groups -OCH3 is 1. The van der Waals surface area contributed by atoms with Crippen LogP contribution in [0.4, 0.5) is 5.69 Å². The lowest BCUT2D eigenvalue weighted by Gasteiger charge is -2.18. The lowest BCUT2D eigenvalue weighted by atomic mass is 10.1. The van der Waals surface area contributed by atoms with Gasteiger partial charge in [-0.1, -0.05) is 19.1 Å². The van der Waals surface area contributed by atoms with Gasteiger partial charge in [0.1, 0.15) is 5.75 Å². The molecule has 1 aliphatic heterocycles. The molecule has 2 N–H and O–H groups in total. The Labute approximate surface area is 189 Å². The summed E-state index contributed by atoms with van der Waals surface area (Å²) in [5, 5.41) is 5.62. The molecule has 8 nitrogen and oxygen atoms in total. The number of carbonyl (C=O) groups is 2. The standard InChI is InChI=1S/C23H29N3O5S/c1-4-16(2)24-22(27)18-9-5-6-10-20(18)25-23(28)19-15-17(11-12-21(19)31-3)32(29,30)26-13-7-8-14-26/h5-6,9-12,15-16H,4,7-8,13-14H2,1-3H3,(H,24,27)(H,25,28)/t16-/m0/s1. The fourth-order valence-corrected chi connectivity index (χ4v) is 5.03. The number of ether oxygens (including phenoxy) is 1. The molecule has 0 unspecified atom stereocenters. The van der Waals surface area contributed by atoms with Crippen molar-refractivity contribution in [1.29, 1.82) is 0 Å². The van der Waals surface area contributed by atoms with Crippen LogP contribution >= 0.6 is 0 Å². The highest BCUT2D eigenvalue weighted by molar-refractivity contribution is 7.89. The van der Waals surface area contributed by atoms with E-state index in [1.54, 1.807) is 24.3 Å². The number of nitrogens with zero attached hydrogens (tertiary/aromatic N) is 1. The van der Waals surface area contributed by atoms with Gasteiger partial charge < -0.3 is 15.4 Å². The molecule has 1 atom stereocenters. The monoisotopic (exact) mass is 459 g/mol. The fourth-order valence-electron chi connectivity index (χ4n) is 3.49. The molecule has 0 aliphatic carbocycles. The van der Waals surface area contributed by atoms with Gasteiger partial charge >= 0.3 is 0 Å². The van der Waals surface area contributed by atoms with Crippen LogP contribution in [0.2, 0.25) is 0 Å². The molecule has 2 aromatic carbocycles. The number of carbonyl (C=O) groups excluding carboxylic acids is 2. The highest BCUT2D eigenvalue weighted by atomic mass is 32.2. The third-order valence-electron chi connectivity index (χ3n) is 5.53. The molecular formula is C23H29N3O5S. The van der Waals surface area contributed by atoms with Crippen LogP contribution in [0, 0.1) is 0 Å². The summed E-state index contributed by atoms with van der Waals surface area (Å²) in [6, 6.07) is 10.9. The Morgan fingerprint density at radius 2 is 1.75 bits per heavy atom. The van der Waals surface area contributed by atoms with E-state index >= 15 is 0 Å². The van der Waals surface area contributed by atoms with Crippen molar-refractivity contribution in [3.63, 3.8) is 0 Å². The Morgan fingerprint density at radius 3 is 2.41 bits per heavy atom. The Balaban J connectivity index is 1.91. The Bertz CT molecular complexity index is 1090. The number of hydrogen-bond acceptors (Lipinski definition) is 5. The van der Waals surface area contributed by atoms with Gasteiger partial charge in [0.2, 0.25) is 10.0 Å². The van der Waals surface area contributed by atoms with Gasteiger partial charge in [-0.3, -0.25) is 9.59 Å². The maximum Gasteiger partial charge on any atom is 0.259 e. The predicted molar refractivity (Wildman–Crippen MR) is 123 cm³/mol. The summed E-state index contributed by atoms with van der Waals surface area (Å²) in [6.07, 6.45) is 2.41. The Kier molecular flexibility index (Phi) is 7.52. The van der Waals surface area contributed by atoms with E-state index < -0.39 is 15.9 Å². The van der Waals surface area contributed by atoms with Gasteiger partial charge in [-0.05, 0) is 56.5 Å². The second kappa shape index (κ2) is 10.1. The minimum atomic E-state index is -3.70. The van der Waals surface area contributed by atoms with Crippen molar-refractivity contribution in [2.75, 3.05) is 25.5 Å². The number of benzene rings is 2. The molecule has 172 valence electrons. The molecule has 0 aromatic heterocycles. The number of para-hydroxylation sites is 1. The van der Waals surface area contributed by atoms with Crippen LogP contribution in [-0.2, 0) is 10.0 Å². The van der Waals surface area contributed by atoms with Gasteiger partial charge in [0, 0.05) is 19.1 Å². The van der Waals surface area contributed by atoms with E-state index in [9.17, 15) is 18.0 Å². The normalized spacial score (nSPS) is 15.2. The average molecular weight is 460 g/mol. The first-order valence-corrected chi connectivity index (χ1v) is 12.1. The first-order valence-electron chi connectivity index (χ1n) is 10.7. The van der Waals surface area contributed by atoms with Crippen LogP contribution in [0.15, 0.2) is 47.4 Å². The van der Waals surface area contributed by atoms with Crippen molar-refractivity contribution in [1.82, 2.24) is 9.62 Å². The SMILES string of the molecule is CC[C@H](C)NC(=O)c1ccccc1NC(=O)c1cc(S(=O)(=O)N2CCCC2)ccc1OC. The first kappa shape index (κ1) is 23.7. The Morgan fingerprint density at radius 1 is 1.06 bits per heavy atom. The second-order valence-corrected chi connectivity index (χ2v) is 9.69. The summed E-state index contributed by atoms with van der Waals surface area (Å²) >= 11 is 0. The van der Waals surface area contributed by atoms with E-state index in [1.165, 1.54) is 29.6 Å². The minimum Gasteiger partial charge on any atom is -0.496 e.